The predicted molar refractivity (Wildman–Crippen MR) is 75.4 cm³/mol. The van der Waals surface area contributed by atoms with Crippen molar-refractivity contribution in [2.24, 2.45) is 5.41 Å². The Balaban J connectivity index is 2.48. The van der Waals surface area contributed by atoms with E-state index in [-0.39, 0.29) is 12.1 Å². The molecule has 0 aliphatic heterocycles. The van der Waals surface area contributed by atoms with Crippen molar-refractivity contribution in [1.29, 1.82) is 0 Å². The van der Waals surface area contributed by atoms with Crippen molar-refractivity contribution in [3.63, 3.8) is 0 Å². The maximum Gasteiger partial charge on any atom is 0.333 e. The van der Waals surface area contributed by atoms with E-state index in [0.717, 1.165) is 12.8 Å². The van der Waals surface area contributed by atoms with Crippen LogP contribution in [0.5, 0.6) is 0 Å². The van der Waals surface area contributed by atoms with E-state index in [1.807, 2.05) is 0 Å². The van der Waals surface area contributed by atoms with Gasteiger partial charge in [0.15, 0.2) is 0 Å². The van der Waals surface area contributed by atoms with Crippen molar-refractivity contribution in [2.45, 2.75) is 78.2 Å². The summed E-state index contributed by atoms with van der Waals surface area (Å²) in [6, 6.07) is 0. The number of ether oxygens (including phenoxy) is 1. The number of hydrogen-bond donors (Lipinski definition) is 0. The van der Waals surface area contributed by atoms with Gasteiger partial charge in [0.25, 0.3) is 0 Å². The summed E-state index contributed by atoms with van der Waals surface area (Å²) in [5.74, 6) is -0.224. The predicted octanol–water partition coefficient (Wildman–Crippen LogP) is 4.63. The van der Waals surface area contributed by atoms with E-state index in [4.69, 9.17) is 4.74 Å². The molecular weight excluding hydrogens is 224 g/mol. The number of rotatable bonds is 4. The first-order valence-electron chi connectivity index (χ1n) is 7.39. The summed E-state index contributed by atoms with van der Waals surface area (Å²) in [6.07, 6.45) is 9.61. The molecule has 18 heavy (non-hydrogen) atoms. The second kappa shape index (κ2) is 6.96. The quantitative estimate of drug-likeness (QED) is 0.538. The summed E-state index contributed by atoms with van der Waals surface area (Å²) in [6.45, 7) is 9.97. The van der Waals surface area contributed by atoms with E-state index in [2.05, 4.69) is 20.4 Å². The third-order valence-corrected chi connectivity index (χ3v) is 4.59. The van der Waals surface area contributed by atoms with E-state index in [9.17, 15) is 4.79 Å². The molecule has 0 radical (unpaired) electrons. The van der Waals surface area contributed by atoms with Crippen LogP contribution >= 0.6 is 0 Å². The second-order valence-electron chi connectivity index (χ2n) is 5.80. The Morgan fingerprint density at radius 2 is 1.72 bits per heavy atom. The average molecular weight is 252 g/mol. The Morgan fingerprint density at radius 3 is 2.11 bits per heavy atom. The fourth-order valence-corrected chi connectivity index (χ4v) is 3.01. The molecule has 0 saturated heterocycles. The van der Waals surface area contributed by atoms with Gasteiger partial charge in [-0.3, -0.25) is 0 Å². The molecule has 2 heteroatoms. The highest BCUT2D eigenvalue weighted by atomic mass is 16.5. The summed E-state index contributed by atoms with van der Waals surface area (Å²) in [5.41, 5.74) is 1.05. The molecule has 0 spiro atoms. The van der Waals surface area contributed by atoms with Crippen molar-refractivity contribution in [2.75, 3.05) is 0 Å². The fraction of sp³-hybridized carbons (Fsp3) is 0.812. The number of carbonyl (C=O) groups is 1. The zero-order chi connectivity index (χ0) is 13.6. The van der Waals surface area contributed by atoms with E-state index >= 15 is 0 Å². The summed E-state index contributed by atoms with van der Waals surface area (Å²) in [5, 5.41) is 0. The minimum absolute atomic E-state index is 0.112. The number of carbonyl (C=O) groups excluding carboxylic acids is 1. The Kier molecular flexibility index (Phi) is 5.90. The van der Waals surface area contributed by atoms with Crippen LogP contribution in [-0.4, -0.2) is 12.1 Å². The van der Waals surface area contributed by atoms with Crippen LogP contribution in [-0.2, 0) is 9.53 Å². The van der Waals surface area contributed by atoms with Gasteiger partial charge >= 0.3 is 5.97 Å². The molecular formula is C16H28O2. The van der Waals surface area contributed by atoms with Crippen LogP contribution in [0.3, 0.4) is 0 Å². The van der Waals surface area contributed by atoms with Crippen molar-refractivity contribution in [3.05, 3.63) is 12.2 Å². The standard InChI is InChI=1S/C16H28O2/c1-5-16(6-2)11-7-9-14(10-8-12-16)18-15(17)13(3)4/h14H,3,5-12H2,1-2,4H3. The van der Waals surface area contributed by atoms with Gasteiger partial charge in [-0.25, -0.2) is 4.79 Å². The van der Waals surface area contributed by atoms with Crippen LogP contribution in [0.1, 0.15) is 72.1 Å². The zero-order valence-electron chi connectivity index (χ0n) is 12.3. The minimum atomic E-state index is -0.224. The maximum atomic E-state index is 11.5. The first-order valence-corrected chi connectivity index (χ1v) is 7.39. The topological polar surface area (TPSA) is 26.3 Å². The number of hydrogen-bond acceptors (Lipinski definition) is 2. The van der Waals surface area contributed by atoms with Gasteiger partial charge in [-0.2, -0.15) is 0 Å². The SMILES string of the molecule is C=C(C)C(=O)OC1CCCC(CC)(CC)CCC1. The van der Waals surface area contributed by atoms with E-state index in [1.54, 1.807) is 6.92 Å². The van der Waals surface area contributed by atoms with Crippen LogP contribution in [0.4, 0.5) is 0 Å². The lowest BCUT2D eigenvalue weighted by Crippen LogP contribution is -2.26. The fourth-order valence-electron chi connectivity index (χ4n) is 3.01. The van der Waals surface area contributed by atoms with Crippen LogP contribution in [0.15, 0.2) is 12.2 Å². The smallest absolute Gasteiger partial charge is 0.333 e. The lowest BCUT2D eigenvalue weighted by molar-refractivity contribution is -0.145. The minimum Gasteiger partial charge on any atom is -0.459 e. The number of esters is 1. The normalized spacial score (nSPS) is 20.8. The van der Waals surface area contributed by atoms with Gasteiger partial charge in [0.2, 0.25) is 0 Å². The van der Waals surface area contributed by atoms with Crippen molar-refractivity contribution >= 4 is 5.97 Å². The molecule has 0 N–H and O–H groups in total. The molecule has 0 bridgehead atoms. The Bertz CT molecular complexity index is 277. The molecule has 0 aromatic heterocycles. The van der Waals surface area contributed by atoms with Gasteiger partial charge in [-0.05, 0) is 50.9 Å². The van der Waals surface area contributed by atoms with Gasteiger partial charge in [-0.1, -0.05) is 33.3 Å². The highest BCUT2D eigenvalue weighted by Gasteiger charge is 2.28. The molecule has 0 amide bonds. The molecule has 0 atom stereocenters. The summed E-state index contributed by atoms with van der Waals surface area (Å²) >= 11 is 0. The zero-order valence-corrected chi connectivity index (χ0v) is 12.3. The Labute approximate surface area is 112 Å². The van der Waals surface area contributed by atoms with Crippen molar-refractivity contribution in [1.82, 2.24) is 0 Å². The summed E-state index contributed by atoms with van der Waals surface area (Å²) < 4.78 is 5.49. The van der Waals surface area contributed by atoms with Gasteiger partial charge in [0.05, 0.1) is 0 Å². The molecule has 1 fully saturated rings. The van der Waals surface area contributed by atoms with Gasteiger partial charge in [0.1, 0.15) is 6.10 Å². The van der Waals surface area contributed by atoms with E-state index in [0.29, 0.717) is 11.0 Å². The van der Waals surface area contributed by atoms with Crippen LogP contribution in [0, 0.1) is 5.41 Å². The van der Waals surface area contributed by atoms with Crippen LogP contribution < -0.4 is 0 Å². The van der Waals surface area contributed by atoms with Gasteiger partial charge in [-0.15, -0.1) is 0 Å². The highest BCUT2D eigenvalue weighted by Crippen LogP contribution is 2.40. The molecule has 0 aromatic carbocycles. The van der Waals surface area contributed by atoms with Crippen molar-refractivity contribution in [3.8, 4) is 0 Å². The molecule has 1 aliphatic rings. The highest BCUT2D eigenvalue weighted by molar-refractivity contribution is 5.87. The average Bonchev–Trinajstić information content (AvgIpc) is 2.32. The monoisotopic (exact) mass is 252 g/mol. The molecule has 0 aromatic rings. The van der Waals surface area contributed by atoms with E-state index < -0.39 is 0 Å². The maximum absolute atomic E-state index is 11.5. The lowest BCUT2D eigenvalue weighted by atomic mass is 9.72. The molecule has 1 aliphatic carbocycles. The lowest BCUT2D eigenvalue weighted by Gasteiger charge is -2.35. The molecule has 2 nitrogen and oxygen atoms in total. The molecule has 0 unspecified atom stereocenters. The first-order chi connectivity index (χ1) is 8.53. The molecule has 1 rings (SSSR count). The summed E-state index contributed by atoms with van der Waals surface area (Å²) in [4.78, 5) is 11.5. The van der Waals surface area contributed by atoms with Crippen LogP contribution in [0.25, 0.3) is 0 Å². The van der Waals surface area contributed by atoms with Gasteiger partial charge < -0.3 is 4.74 Å². The largest absolute Gasteiger partial charge is 0.459 e. The van der Waals surface area contributed by atoms with E-state index in [1.165, 1.54) is 38.5 Å². The van der Waals surface area contributed by atoms with Gasteiger partial charge in [0, 0.05) is 5.57 Å². The Hall–Kier alpha value is -0.790. The third kappa shape index (κ3) is 4.15. The third-order valence-electron chi connectivity index (χ3n) is 4.59. The molecule has 104 valence electrons. The second-order valence-corrected chi connectivity index (χ2v) is 5.80. The molecule has 1 saturated carbocycles. The molecule has 0 heterocycles. The summed E-state index contributed by atoms with van der Waals surface area (Å²) in [7, 11) is 0. The first kappa shape index (κ1) is 15.3. The van der Waals surface area contributed by atoms with Crippen LogP contribution in [0.2, 0.25) is 0 Å². The van der Waals surface area contributed by atoms with Crippen molar-refractivity contribution < 1.29 is 9.53 Å². The Morgan fingerprint density at radius 1 is 1.22 bits per heavy atom.